The maximum absolute atomic E-state index is 6.77. The molecule has 5 aliphatic rings. The minimum absolute atomic E-state index is 0.846. The molecule has 0 unspecified atom stereocenters. The van der Waals surface area contributed by atoms with Crippen LogP contribution in [-0.4, -0.2) is 0 Å². The van der Waals surface area contributed by atoms with E-state index in [1.54, 1.807) is 0 Å². The van der Waals surface area contributed by atoms with Crippen molar-refractivity contribution in [1.29, 1.82) is 0 Å². The van der Waals surface area contributed by atoms with Gasteiger partial charge in [-0.3, -0.25) is 0 Å². The van der Waals surface area contributed by atoms with Crippen molar-refractivity contribution in [3.63, 3.8) is 0 Å². The van der Waals surface area contributed by atoms with Gasteiger partial charge in [-0.05, 0) is 93.9 Å². The van der Waals surface area contributed by atoms with E-state index < -0.39 is 0 Å². The molecule has 4 heteroatoms. The van der Waals surface area contributed by atoms with Crippen molar-refractivity contribution < 1.29 is 17.7 Å². The van der Waals surface area contributed by atoms with Crippen LogP contribution >= 0.6 is 0 Å². The molecule has 0 aromatic heterocycles. The zero-order valence-corrected chi connectivity index (χ0v) is 23.3. The summed E-state index contributed by atoms with van der Waals surface area (Å²) in [5.41, 5.74) is 14.3. The summed E-state index contributed by atoms with van der Waals surface area (Å²) in [6, 6.07) is 34.2. The predicted molar refractivity (Wildman–Crippen MR) is 175 cm³/mol. The lowest BCUT2D eigenvalue weighted by atomic mass is 9.84. The maximum Gasteiger partial charge on any atom is 0.136 e. The van der Waals surface area contributed by atoms with E-state index in [1.807, 2.05) is 12.1 Å². The molecule has 0 radical (unpaired) electrons. The summed E-state index contributed by atoms with van der Waals surface area (Å²) in [6.45, 7) is 0. The number of aryl methyl sites for hydroxylation is 2. The van der Waals surface area contributed by atoms with Crippen molar-refractivity contribution in [3.8, 4) is 33.4 Å². The number of hydrogen-bond acceptors (Lipinski definition) is 4. The minimum atomic E-state index is 0.846. The van der Waals surface area contributed by atoms with Crippen molar-refractivity contribution in [2.24, 2.45) is 0 Å². The third-order valence-electron chi connectivity index (χ3n) is 10.0. The normalized spacial score (nSPS) is 13.7. The molecule has 44 heavy (non-hydrogen) atoms. The van der Waals surface area contributed by atoms with Crippen LogP contribution in [0.5, 0.6) is 0 Å². The molecule has 7 aromatic rings. The average molecular weight is 565 g/mol. The van der Waals surface area contributed by atoms with Gasteiger partial charge in [0.15, 0.2) is 0 Å². The summed E-state index contributed by atoms with van der Waals surface area (Å²) in [4.78, 5) is 0. The van der Waals surface area contributed by atoms with E-state index >= 15 is 0 Å². The van der Waals surface area contributed by atoms with Gasteiger partial charge in [0.1, 0.15) is 44.8 Å². The second kappa shape index (κ2) is 7.24. The van der Waals surface area contributed by atoms with E-state index in [4.69, 9.17) is 17.7 Å². The standard InChI is InChI=1S/C40H20O4/c1-3-19-7-11-29-37-33(19)25(5-1)41-27-13-9-21-15-23(17-31(43-29)35(21)39(27)37)24-16-22-10-14-28-40-36(22)32(18-24)44-30-12-8-20-4-2-6-26(42-28)34(20)38(30)40/h1-7,9-11,13-18H,8,12H2. The van der Waals surface area contributed by atoms with E-state index in [1.165, 1.54) is 16.5 Å². The van der Waals surface area contributed by atoms with Gasteiger partial charge >= 0.3 is 0 Å². The predicted octanol–water partition coefficient (Wildman–Crippen LogP) is 11.5. The minimum Gasteiger partial charge on any atom is -0.460 e. The fourth-order valence-electron chi connectivity index (χ4n) is 8.24. The maximum atomic E-state index is 6.77. The van der Waals surface area contributed by atoms with Crippen LogP contribution in [0.25, 0.3) is 110 Å². The zero-order chi connectivity index (χ0) is 28.3. The summed E-state index contributed by atoms with van der Waals surface area (Å²) in [7, 11) is 0. The van der Waals surface area contributed by atoms with E-state index in [9.17, 15) is 0 Å². The topological polar surface area (TPSA) is 52.6 Å². The van der Waals surface area contributed by atoms with Crippen LogP contribution < -0.4 is 0 Å². The molecule has 4 nitrogen and oxygen atoms in total. The molecular weight excluding hydrogens is 544 g/mol. The summed E-state index contributed by atoms with van der Waals surface area (Å²) < 4.78 is 26.4. The Balaban J connectivity index is 1.17. The first-order chi connectivity index (χ1) is 21.8. The van der Waals surface area contributed by atoms with Crippen LogP contribution in [-0.2, 0) is 12.8 Å². The van der Waals surface area contributed by atoms with Crippen molar-refractivity contribution in [2.75, 3.05) is 0 Å². The van der Waals surface area contributed by atoms with Gasteiger partial charge in [0.2, 0.25) is 0 Å². The fraction of sp³-hybridized carbons (Fsp3) is 0.0500. The quantitative estimate of drug-likeness (QED) is 0.147. The van der Waals surface area contributed by atoms with Gasteiger partial charge in [0.25, 0.3) is 0 Å². The summed E-state index contributed by atoms with van der Waals surface area (Å²) >= 11 is 0. The lowest BCUT2D eigenvalue weighted by Gasteiger charge is -2.24. The zero-order valence-electron chi connectivity index (χ0n) is 23.3. The third-order valence-corrected chi connectivity index (χ3v) is 10.0. The van der Waals surface area contributed by atoms with E-state index in [0.29, 0.717) is 0 Å². The van der Waals surface area contributed by atoms with Crippen LogP contribution in [0.15, 0.2) is 115 Å². The molecule has 0 saturated carbocycles. The van der Waals surface area contributed by atoms with Crippen LogP contribution in [0.2, 0.25) is 0 Å². The number of hydrogen-bond donors (Lipinski definition) is 0. The molecule has 0 amide bonds. The molecule has 0 bridgehead atoms. The van der Waals surface area contributed by atoms with Crippen LogP contribution in [0, 0.1) is 0 Å². The SMILES string of the molecule is c1cc2c3c4c(oc5cc(-c6cc7ccc8oc9cccc%10ccc%11oc(c6)c7c8-c%11c%109)cc6ccc(oc3c1)c-4c65)CC2. The molecule has 7 aromatic carbocycles. The molecule has 4 heterocycles. The highest BCUT2D eigenvalue weighted by molar-refractivity contribution is 6.24. The summed E-state index contributed by atoms with van der Waals surface area (Å²) in [5.74, 6) is 1.04. The monoisotopic (exact) mass is 564 g/mol. The van der Waals surface area contributed by atoms with Gasteiger partial charge in [0, 0.05) is 50.2 Å². The van der Waals surface area contributed by atoms with Crippen molar-refractivity contribution in [1.82, 2.24) is 0 Å². The Hall–Kier alpha value is -5.74. The Kier molecular flexibility index (Phi) is 3.60. The first-order valence-corrected chi connectivity index (χ1v) is 15.1. The van der Waals surface area contributed by atoms with Crippen molar-refractivity contribution >= 4 is 76.8 Å². The van der Waals surface area contributed by atoms with Gasteiger partial charge in [-0.25, -0.2) is 0 Å². The Morgan fingerprint density at radius 3 is 1.61 bits per heavy atom. The Labute approximate surface area is 248 Å². The molecule has 0 fully saturated rings. The van der Waals surface area contributed by atoms with E-state index in [-0.39, 0.29) is 0 Å². The number of benzene rings is 7. The molecular formula is C40H20O4. The van der Waals surface area contributed by atoms with Crippen LogP contribution in [0.3, 0.4) is 0 Å². The molecule has 0 atom stereocenters. The Bertz CT molecular complexity index is 2940. The van der Waals surface area contributed by atoms with Crippen molar-refractivity contribution in [2.45, 2.75) is 12.8 Å². The lowest BCUT2D eigenvalue weighted by molar-refractivity contribution is 0.534. The highest BCUT2D eigenvalue weighted by Gasteiger charge is 2.29. The van der Waals surface area contributed by atoms with Crippen LogP contribution in [0.4, 0.5) is 0 Å². The molecule has 0 spiro atoms. The second-order valence-corrected chi connectivity index (χ2v) is 12.3. The molecule has 12 rings (SSSR count). The summed E-state index contributed by atoms with van der Waals surface area (Å²) in [5, 5.41) is 7.94. The first-order valence-electron chi connectivity index (χ1n) is 15.1. The lowest BCUT2D eigenvalue weighted by Crippen LogP contribution is -2.06. The average Bonchev–Trinajstić information content (AvgIpc) is 3.06. The molecule has 204 valence electrons. The Morgan fingerprint density at radius 2 is 0.909 bits per heavy atom. The van der Waals surface area contributed by atoms with Gasteiger partial charge < -0.3 is 17.7 Å². The molecule has 0 saturated heterocycles. The van der Waals surface area contributed by atoms with E-state index in [0.717, 1.165) is 118 Å². The third kappa shape index (κ3) is 2.50. The molecule has 1 aliphatic carbocycles. The highest BCUT2D eigenvalue weighted by atomic mass is 16.3. The van der Waals surface area contributed by atoms with Gasteiger partial charge in [0.05, 0.1) is 0 Å². The highest BCUT2D eigenvalue weighted by Crippen LogP contribution is 2.51. The second-order valence-electron chi connectivity index (χ2n) is 12.3. The number of rotatable bonds is 1. The van der Waals surface area contributed by atoms with Crippen LogP contribution in [0.1, 0.15) is 11.3 Å². The summed E-state index contributed by atoms with van der Waals surface area (Å²) in [6.07, 6.45) is 1.82. The molecule has 4 aliphatic heterocycles. The molecule has 0 N–H and O–H groups in total. The van der Waals surface area contributed by atoms with Gasteiger partial charge in [-0.1, -0.05) is 42.5 Å². The van der Waals surface area contributed by atoms with E-state index in [2.05, 4.69) is 84.9 Å². The largest absolute Gasteiger partial charge is 0.460 e. The van der Waals surface area contributed by atoms with Gasteiger partial charge in [-0.15, -0.1) is 0 Å². The fourth-order valence-corrected chi connectivity index (χ4v) is 8.24. The van der Waals surface area contributed by atoms with Crippen molar-refractivity contribution in [3.05, 3.63) is 108 Å². The smallest absolute Gasteiger partial charge is 0.136 e. The Morgan fingerprint density at radius 1 is 0.364 bits per heavy atom. The first kappa shape index (κ1) is 21.9. The van der Waals surface area contributed by atoms with Gasteiger partial charge in [-0.2, -0.15) is 0 Å².